The average molecular weight is 235 g/mol. The van der Waals surface area contributed by atoms with E-state index in [1.54, 1.807) is 0 Å². The van der Waals surface area contributed by atoms with Gasteiger partial charge in [0.25, 0.3) is 0 Å². The number of hydrogen-bond acceptors (Lipinski definition) is 2. The molecule has 1 unspecified atom stereocenters. The highest BCUT2D eigenvalue weighted by molar-refractivity contribution is 5.28. The van der Waals surface area contributed by atoms with Crippen molar-refractivity contribution >= 4 is 0 Å². The molecule has 0 aromatic heterocycles. The van der Waals surface area contributed by atoms with E-state index >= 15 is 0 Å². The number of rotatable bonds is 7. The third kappa shape index (κ3) is 4.39. The SMILES string of the molecule is CCC(CC)COc1ccc(C(C)NC)cc1. The summed E-state index contributed by atoms with van der Waals surface area (Å²) in [4.78, 5) is 0. The Morgan fingerprint density at radius 2 is 1.71 bits per heavy atom. The molecule has 0 bridgehead atoms. The van der Waals surface area contributed by atoms with E-state index in [1.165, 1.54) is 18.4 Å². The van der Waals surface area contributed by atoms with E-state index in [1.807, 2.05) is 7.05 Å². The van der Waals surface area contributed by atoms with Crippen LogP contribution in [-0.4, -0.2) is 13.7 Å². The number of hydrogen-bond donors (Lipinski definition) is 1. The second-order valence-electron chi connectivity index (χ2n) is 4.57. The van der Waals surface area contributed by atoms with Crippen molar-refractivity contribution in [3.05, 3.63) is 29.8 Å². The molecule has 0 aliphatic rings. The minimum atomic E-state index is 0.392. The van der Waals surface area contributed by atoms with Crippen molar-refractivity contribution in [1.29, 1.82) is 0 Å². The van der Waals surface area contributed by atoms with Crippen LogP contribution in [0.15, 0.2) is 24.3 Å². The van der Waals surface area contributed by atoms with Crippen LogP contribution in [0.3, 0.4) is 0 Å². The van der Waals surface area contributed by atoms with Gasteiger partial charge in [-0.25, -0.2) is 0 Å². The largest absolute Gasteiger partial charge is 0.493 e. The molecule has 0 amide bonds. The van der Waals surface area contributed by atoms with Crippen molar-refractivity contribution in [3.8, 4) is 5.75 Å². The molecule has 1 aromatic carbocycles. The minimum Gasteiger partial charge on any atom is -0.493 e. The molecule has 1 N–H and O–H groups in total. The Bertz CT molecular complexity index is 303. The highest BCUT2D eigenvalue weighted by atomic mass is 16.5. The summed E-state index contributed by atoms with van der Waals surface area (Å²) < 4.78 is 5.80. The van der Waals surface area contributed by atoms with Crippen LogP contribution in [-0.2, 0) is 0 Å². The highest BCUT2D eigenvalue weighted by Crippen LogP contribution is 2.18. The molecule has 1 rings (SSSR count). The van der Waals surface area contributed by atoms with Crippen molar-refractivity contribution in [2.45, 2.75) is 39.7 Å². The van der Waals surface area contributed by atoms with Crippen molar-refractivity contribution < 1.29 is 4.74 Å². The molecule has 0 fully saturated rings. The molecule has 0 spiro atoms. The second kappa shape index (κ2) is 7.33. The molecule has 96 valence electrons. The molecular weight excluding hydrogens is 210 g/mol. The van der Waals surface area contributed by atoms with Gasteiger partial charge < -0.3 is 10.1 Å². The van der Waals surface area contributed by atoms with Gasteiger partial charge >= 0.3 is 0 Å². The fourth-order valence-electron chi connectivity index (χ4n) is 1.76. The average Bonchev–Trinajstić information content (AvgIpc) is 2.39. The maximum absolute atomic E-state index is 5.80. The van der Waals surface area contributed by atoms with Crippen molar-refractivity contribution in [3.63, 3.8) is 0 Å². The molecule has 0 radical (unpaired) electrons. The molecule has 0 saturated carbocycles. The predicted octanol–water partition coefficient (Wildman–Crippen LogP) is 3.78. The summed E-state index contributed by atoms with van der Waals surface area (Å²) in [6, 6.07) is 8.77. The predicted molar refractivity (Wildman–Crippen MR) is 73.5 cm³/mol. The van der Waals surface area contributed by atoms with Gasteiger partial charge in [0.05, 0.1) is 6.61 Å². The van der Waals surface area contributed by atoms with Crippen LogP contribution < -0.4 is 10.1 Å². The molecule has 0 aliphatic heterocycles. The lowest BCUT2D eigenvalue weighted by Gasteiger charge is -2.15. The third-order valence-electron chi connectivity index (χ3n) is 3.45. The molecule has 1 aromatic rings. The fourth-order valence-corrected chi connectivity index (χ4v) is 1.76. The van der Waals surface area contributed by atoms with E-state index < -0.39 is 0 Å². The zero-order chi connectivity index (χ0) is 12.7. The first-order chi connectivity index (χ1) is 8.21. The van der Waals surface area contributed by atoms with E-state index in [0.717, 1.165) is 12.4 Å². The standard InChI is InChI=1S/C15H25NO/c1-5-13(6-2)11-17-15-9-7-14(8-10-15)12(3)16-4/h7-10,12-13,16H,5-6,11H2,1-4H3. The van der Waals surface area contributed by atoms with Gasteiger partial charge in [0.15, 0.2) is 0 Å². The van der Waals surface area contributed by atoms with Crippen molar-refractivity contribution in [1.82, 2.24) is 5.32 Å². The van der Waals surface area contributed by atoms with Crippen molar-refractivity contribution in [2.24, 2.45) is 5.92 Å². The number of ether oxygens (including phenoxy) is 1. The van der Waals surface area contributed by atoms with Crippen molar-refractivity contribution in [2.75, 3.05) is 13.7 Å². The summed E-state index contributed by atoms with van der Waals surface area (Å²) in [7, 11) is 1.97. The maximum atomic E-state index is 5.80. The van der Waals surface area contributed by atoms with Gasteiger partial charge in [-0.15, -0.1) is 0 Å². The Kier molecular flexibility index (Phi) is 6.06. The first kappa shape index (κ1) is 14.0. The first-order valence-electron chi connectivity index (χ1n) is 6.61. The number of benzene rings is 1. The van der Waals surface area contributed by atoms with Gasteiger partial charge in [0.1, 0.15) is 5.75 Å². The van der Waals surface area contributed by atoms with Gasteiger partial charge in [-0.2, -0.15) is 0 Å². The van der Waals surface area contributed by atoms with Gasteiger partial charge in [0.2, 0.25) is 0 Å². The summed E-state index contributed by atoms with van der Waals surface area (Å²) >= 11 is 0. The quantitative estimate of drug-likeness (QED) is 0.776. The summed E-state index contributed by atoms with van der Waals surface area (Å²) in [6.45, 7) is 7.42. The van der Waals surface area contributed by atoms with Gasteiger partial charge in [-0.3, -0.25) is 0 Å². The zero-order valence-corrected chi connectivity index (χ0v) is 11.5. The fraction of sp³-hybridized carbons (Fsp3) is 0.600. The Morgan fingerprint density at radius 1 is 1.12 bits per heavy atom. The van der Waals surface area contributed by atoms with Crippen LogP contribution in [0.5, 0.6) is 5.75 Å². The smallest absolute Gasteiger partial charge is 0.119 e. The summed E-state index contributed by atoms with van der Waals surface area (Å²) in [6.07, 6.45) is 2.37. The molecule has 2 nitrogen and oxygen atoms in total. The van der Waals surface area contributed by atoms with E-state index in [0.29, 0.717) is 12.0 Å². The van der Waals surface area contributed by atoms with Crippen LogP contribution in [0.2, 0.25) is 0 Å². The lowest BCUT2D eigenvalue weighted by atomic mass is 10.1. The van der Waals surface area contributed by atoms with Crippen LogP contribution in [0, 0.1) is 5.92 Å². The molecule has 17 heavy (non-hydrogen) atoms. The van der Waals surface area contributed by atoms with Crippen LogP contribution in [0.25, 0.3) is 0 Å². The van der Waals surface area contributed by atoms with Crippen LogP contribution >= 0.6 is 0 Å². The van der Waals surface area contributed by atoms with Gasteiger partial charge in [-0.05, 0) is 37.6 Å². The van der Waals surface area contributed by atoms with Gasteiger partial charge in [-0.1, -0.05) is 38.8 Å². The van der Waals surface area contributed by atoms with Crippen LogP contribution in [0.1, 0.15) is 45.2 Å². The topological polar surface area (TPSA) is 21.3 Å². The molecular formula is C15H25NO. The summed E-state index contributed by atoms with van der Waals surface area (Å²) in [5.41, 5.74) is 1.29. The first-order valence-corrected chi connectivity index (χ1v) is 6.61. The summed E-state index contributed by atoms with van der Waals surface area (Å²) in [5, 5.41) is 3.23. The molecule has 2 heteroatoms. The lowest BCUT2D eigenvalue weighted by Crippen LogP contribution is -2.12. The Labute approximate surface area is 105 Å². The third-order valence-corrected chi connectivity index (χ3v) is 3.45. The minimum absolute atomic E-state index is 0.392. The number of nitrogens with one attached hydrogen (secondary N) is 1. The second-order valence-corrected chi connectivity index (χ2v) is 4.57. The normalized spacial score (nSPS) is 12.8. The Hall–Kier alpha value is -1.02. The molecule has 0 saturated heterocycles. The highest BCUT2D eigenvalue weighted by Gasteiger charge is 2.05. The lowest BCUT2D eigenvalue weighted by molar-refractivity contribution is 0.240. The summed E-state index contributed by atoms with van der Waals surface area (Å²) in [5.74, 6) is 1.65. The maximum Gasteiger partial charge on any atom is 0.119 e. The molecule has 0 heterocycles. The zero-order valence-electron chi connectivity index (χ0n) is 11.5. The Balaban J connectivity index is 2.50. The van der Waals surface area contributed by atoms with E-state index in [9.17, 15) is 0 Å². The van der Waals surface area contributed by atoms with E-state index in [4.69, 9.17) is 4.74 Å². The molecule has 1 atom stereocenters. The van der Waals surface area contributed by atoms with E-state index in [2.05, 4.69) is 50.4 Å². The van der Waals surface area contributed by atoms with Gasteiger partial charge in [0, 0.05) is 6.04 Å². The molecule has 0 aliphatic carbocycles. The van der Waals surface area contributed by atoms with E-state index in [-0.39, 0.29) is 0 Å². The monoisotopic (exact) mass is 235 g/mol. The van der Waals surface area contributed by atoms with Crippen LogP contribution in [0.4, 0.5) is 0 Å². The Morgan fingerprint density at radius 3 is 2.18 bits per heavy atom.